The van der Waals surface area contributed by atoms with Crippen molar-refractivity contribution in [2.45, 2.75) is 26.3 Å². The van der Waals surface area contributed by atoms with Gasteiger partial charge in [-0.3, -0.25) is 14.5 Å². The van der Waals surface area contributed by atoms with Crippen molar-refractivity contribution >= 4 is 23.5 Å². The number of nitrogens with one attached hydrogen (secondary N) is 2. The Hall–Kier alpha value is -3.15. The highest BCUT2D eigenvalue weighted by atomic mass is 16.2. The van der Waals surface area contributed by atoms with Gasteiger partial charge in [0.05, 0.1) is 0 Å². The molecule has 6 nitrogen and oxygen atoms in total. The Morgan fingerprint density at radius 3 is 2.50 bits per heavy atom. The molecule has 0 spiro atoms. The molecular formula is C20H21N3O3. The molecule has 1 heterocycles. The maximum Gasteiger partial charge on any atom is 0.325 e. The lowest BCUT2D eigenvalue weighted by Gasteiger charge is -2.22. The third kappa shape index (κ3) is 3.18. The predicted molar refractivity (Wildman–Crippen MR) is 98.6 cm³/mol. The van der Waals surface area contributed by atoms with E-state index in [0.717, 1.165) is 16.0 Å². The van der Waals surface area contributed by atoms with E-state index in [2.05, 4.69) is 10.6 Å². The van der Waals surface area contributed by atoms with Gasteiger partial charge in [-0.2, -0.15) is 0 Å². The second-order valence-corrected chi connectivity index (χ2v) is 6.68. The number of aryl methyl sites for hydroxylation is 2. The van der Waals surface area contributed by atoms with Crippen molar-refractivity contribution in [2.24, 2.45) is 0 Å². The zero-order valence-corrected chi connectivity index (χ0v) is 15.0. The van der Waals surface area contributed by atoms with Gasteiger partial charge in [-0.1, -0.05) is 42.5 Å². The van der Waals surface area contributed by atoms with Crippen LogP contribution in [0.15, 0.2) is 48.5 Å². The quantitative estimate of drug-likeness (QED) is 0.832. The summed E-state index contributed by atoms with van der Waals surface area (Å²) < 4.78 is 0. The van der Waals surface area contributed by atoms with Crippen LogP contribution >= 0.6 is 0 Å². The van der Waals surface area contributed by atoms with Crippen LogP contribution in [-0.2, 0) is 15.1 Å². The number of hydrogen-bond donors (Lipinski definition) is 2. The molecule has 0 bridgehead atoms. The molecule has 4 amide bonds. The van der Waals surface area contributed by atoms with Crippen molar-refractivity contribution < 1.29 is 14.4 Å². The van der Waals surface area contributed by atoms with E-state index < -0.39 is 23.4 Å². The van der Waals surface area contributed by atoms with E-state index in [0.29, 0.717) is 11.3 Å². The van der Waals surface area contributed by atoms with Crippen LogP contribution in [0.1, 0.15) is 23.6 Å². The number of benzene rings is 2. The van der Waals surface area contributed by atoms with Crippen molar-refractivity contribution in [1.29, 1.82) is 0 Å². The Bertz CT molecular complexity index is 879. The van der Waals surface area contributed by atoms with Crippen LogP contribution in [0.4, 0.5) is 10.5 Å². The first-order valence-corrected chi connectivity index (χ1v) is 8.38. The van der Waals surface area contributed by atoms with Gasteiger partial charge in [-0.25, -0.2) is 4.79 Å². The summed E-state index contributed by atoms with van der Waals surface area (Å²) in [5.41, 5.74) is 2.11. The summed E-state index contributed by atoms with van der Waals surface area (Å²) in [4.78, 5) is 38.4. The highest BCUT2D eigenvalue weighted by Gasteiger charge is 2.49. The largest absolute Gasteiger partial charge is 0.325 e. The normalized spacial score (nSPS) is 19.4. The summed E-state index contributed by atoms with van der Waals surface area (Å²) >= 11 is 0. The van der Waals surface area contributed by atoms with Crippen molar-refractivity contribution in [3.63, 3.8) is 0 Å². The molecule has 0 saturated carbocycles. The summed E-state index contributed by atoms with van der Waals surface area (Å²) in [6.45, 7) is 5.12. The molecule has 0 aliphatic carbocycles. The molecule has 1 aliphatic heterocycles. The van der Waals surface area contributed by atoms with Crippen LogP contribution in [0.5, 0.6) is 0 Å². The lowest BCUT2D eigenvalue weighted by atomic mass is 9.92. The molecule has 2 aromatic carbocycles. The van der Waals surface area contributed by atoms with E-state index in [1.807, 2.05) is 38.1 Å². The minimum atomic E-state index is -1.17. The monoisotopic (exact) mass is 351 g/mol. The Kier molecular flexibility index (Phi) is 4.50. The summed E-state index contributed by atoms with van der Waals surface area (Å²) in [5.74, 6) is -0.857. The average Bonchev–Trinajstić information content (AvgIpc) is 2.83. The third-order valence-electron chi connectivity index (χ3n) is 4.59. The second kappa shape index (κ2) is 6.63. The van der Waals surface area contributed by atoms with Gasteiger partial charge in [0.25, 0.3) is 5.91 Å². The zero-order valence-electron chi connectivity index (χ0n) is 15.0. The maximum atomic E-state index is 12.8. The zero-order chi connectivity index (χ0) is 18.9. The predicted octanol–water partition coefficient (Wildman–Crippen LogP) is 2.71. The molecule has 3 rings (SSSR count). The van der Waals surface area contributed by atoms with Gasteiger partial charge in [0, 0.05) is 5.69 Å². The van der Waals surface area contributed by atoms with Crippen molar-refractivity contribution in [3.8, 4) is 0 Å². The van der Waals surface area contributed by atoms with Gasteiger partial charge in [-0.15, -0.1) is 0 Å². The van der Waals surface area contributed by atoms with Crippen LogP contribution in [0, 0.1) is 13.8 Å². The first-order valence-electron chi connectivity index (χ1n) is 8.38. The number of amides is 4. The summed E-state index contributed by atoms with van der Waals surface area (Å²) in [6.07, 6.45) is 0. The standard InChI is InChI=1S/C20H21N3O3/c1-13-9-10-14(2)16(11-13)21-17(24)12-23-18(25)20(3,22-19(23)26)15-7-5-4-6-8-15/h4-11H,12H2,1-3H3,(H,21,24)(H,22,26)/t20-/m0/s1. The van der Waals surface area contributed by atoms with Gasteiger partial charge in [0.15, 0.2) is 0 Å². The first-order chi connectivity index (χ1) is 12.3. The molecule has 2 N–H and O–H groups in total. The molecule has 0 unspecified atom stereocenters. The Morgan fingerprint density at radius 1 is 1.12 bits per heavy atom. The van der Waals surface area contributed by atoms with Gasteiger partial charge in [0.1, 0.15) is 12.1 Å². The highest BCUT2D eigenvalue weighted by Crippen LogP contribution is 2.28. The number of nitrogens with zero attached hydrogens (tertiary/aromatic N) is 1. The highest BCUT2D eigenvalue weighted by molar-refractivity contribution is 6.10. The molecular weight excluding hydrogens is 330 g/mol. The number of carbonyl (C=O) groups excluding carboxylic acids is 3. The van der Waals surface area contributed by atoms with Gasteiger partial charge in [-0.05, 0) is 43.5 Å². The average molecular weight is 351 g/mol. The van der Waals surface area contributed by atoms with Crippen molar-refractivity contribution in [3.05, 3.63) is 65.2 Å². The third-order valence-corrected chi connectivity index (χ3v) is 4.59. The molecule has 1 fully saturated rings. The van der Waals surface area contributed by atoms with E-state index in [1.54, 1.807) is 31.2 Å². The van der Waals surface area contributed by atoms with Crippen LogP contribution < -0.4 is 10.6 Å². The molecule has 0 radical (unpaired) electrons. The van der Waals surface area contributed by atoms with E-state index in [4.69, 9.17) is 0 Å². The Labute approximate surface area is 152 Å². The summed E-state index contributed by atoms with van der Waals surface area (Å²) in [5, 5.41) is 5.47. The Morgan fingerprint density at radius 2 is 1.81 bits per heavy atom. The van der Waals surface area contributed by atoms with Crippen LogP contribution in [0.3, 0.4) is 0 Å². The fourth-order valence-electron chi connectivity index (χ4n) is 3.01. The lowest BCUT2D eigenvalue weighted by Crippen LogP contribution is -2.42. The van der Waals surface area contributed by atoms with Crippen LogP contribution in [0.2, 0.25) is 0 Å². The van der Waals surface area contributed by atoms with Gasteiger partial charge < -0.3 is 10.6 Å². The molecule has 134 valence electrons. The van der Waals surface area contributed by atoms with E-state index in [-0.39, 0.29) is 6.54 Å². The molecule has 2 aromatic rings. The molecule has 1 saturated heterocycles. The van der Waals surface area contributed by atoms with E-state index >= 15 is 0 Å². The van der Waals surface area contributed by atoms with Crippen molar-refractivity contribution in [1.82, 2.24) is 10.2 Å². The number of rotatable bonds is 4. The smallest absolute Gasteiger partial charge is 0.324 e. The minimum Gasteiger partial charge on any atom is -0.324 e. The van der Waals surface area contributed by atoms with Crippen LogP contribution in [-0.4, -0.2) is 29.3 Å². The number of imide groups is 1. The van der Waals surface area contributed by atoms with Crippen LogP contribution in [0.25, 0.3) is 0 Å². The number of hydrogen-bond acceptors (Lipinski definition) is 3. The summed E-state index contributed by atoms with van der Waals surface area (Å²) in [6, 6.07) is 14.1. The summed E-state index contributed by atoms with van der Waals surface area (Å²) in [7, 11) is 0. The van der Waals surface area contributed by atoms with E-state index in [1.165, 1.54) is 0 Å². The number of anilines is 1. The maximum absolute atomic E-state index is 12.8. The van der Waals surface area contributed by atoms with Gasteiger partial charge in [0.2, 0.25) is 5.91 Å². The second-order valence-electron chi connectivity index (χ2n) is 6.68. The molecule has 1 aliphatic rings. The SMILES string of the molecule is Cc1ccc(C)c(NC(=O)CN2C(=O)N[C@@](C)(c3ccccc3)C2=O)c1. The van der Waals surface area contributed by atoms with E-state index in [9.17, 15) is 14.4 Å². The van der Waals surface area contributed by atoms with Crippen molar-refractivity contribution in [2.75, 3.05) is 11.9 Å². The van der Waals surface area contributed by atoms with Gasteiger partial charge >= 0.3 is 6.03 Å². The number of carbonyl (C=O) groups is 3. The lowest BCUT2D eigenvalue weighted by molar-refractivity contribution is -0.133. The molecule has 26 heavy (non-hydrogen) atoms. The minimum absolute atomic E-state index is 0.333. The molecule has 0 aromatic heterocycles. The number of urea groups is 1. The first kappa shape index (κ1) is 17.7. The fraction of sp³-hybridized carbons (Fsp3) is 0.250. The molecule has 1 atom stereocenters. The Balaban J connectivity index is 1.76. The topological polar surface area (TPSA) is 78.5 Å². The fourth-order valence-corrected chi connectivity index (χ4v) is 3.01. The molecule has 6 heteroatoms.